The lowest BCUT2D eigenvalue weighted by atomic mass is 10.2. The van der Waals surface area contributed by atoms with E-state index in [1.165, 1.54) is 15.4 Å². The van der Waals surface area contributed by atoms with Gasteiger partial charge < -0.3 is 13.7 Å². The van der Waals surface area contributed by atoms with Crippen LogP contribution in [0.1, 0.15) is 11.3 Å². The first-order chi connectivity index (χ1) is 15.7. The summed E-state index contributed by atoms with van der Waals surface area (Å²) in [4.78, 5) is 31.4. The summed E-state index contributed by atoms with van der Waals surface area (Å²) in [5, 5.41) is 0. The van der Waals surface area contributed by atoms with Gasteiger partial charge in [-0.25, -0.2) is 14.3 Å². The van der Waals surface area contributed by atoms with Crippen molar-refractivity contribution in [2.24, 2.45) is 0 Å². The number of imidazole rings is 1. The maximum atomic E-state index is 13.5. The fraction of sp³-hybridized carbons (Fsp3) is 0.125. The monoisotopic (exact) mass is 428 g/mol. The highest BCUT2D eigenvalue weighted by Gasteiger charge is 2.20. The van der Waals surface area contributed by atoms with Crippen LogP contribution in [0.25, 0.3) is 16.9 Å². The third kappa shape index (κ3) is 3.31. The number of para-hydroxylation sites is 2. The quantitative estimate of drug-likeness (QED) is 0.415. The third-order valence-electron chi connectivity index (χ3n) is 5.34. The van der Waals surface area contributed by atoms with Crippen LogP contribution in [0, 0.1) is 0 Å². The van der Waals surface area contributed by atoms with Gasteiger partial charge in [0.15, 0.2) is 11.2 Å². The second-order valence-corrected chi connectivity index (χ2v) is 7.28. The van der Waals surface area contributed by atoms with Gasteiger partial charge in [0.25, 0.3) is 5.56 Å². The predicted molar refractivity (Wildman–Crippen MR) is 119 cm³/mol. The van der Waals surface area contributed by atoms with E-state index in [9.17, 15) is 9.59 Å². The van der Waals surface area contributed by atoms with E-state index >= 15 is 0 Å². The molecule has 0 radical (unpaired) electrons. The molecule has 0 spiro atoms. The Morgan fingerprint density at radius 3 is 2.47 bits per heavy atom. The molecule has 0 saturated heterocycles. The number of hydrogen-bond donors (Lipinski definition) is 0. The lowest BCUT2D eigenvalue weighted by Crippen LogP contribution is -2.40. The molecule has 3 heterocycles. The number of fused-ring (bicyclic) bond motifs is 1. The van der Waals surface area contributed by atoms with Crippen LogP contribution < -0.4 is 16.0 Å². The van der Waals surface area contributed by atoms with Crippen LogP contribution in [0.15, 0.2) is 93.3 Å². The molecule has 0 bridgehead atoms. The van der Waals surface area contributed by atoms with E-state index in [4.69, 9.17) is 9.15 Å². The molecule has 0 aliphatic rings. The smallest absolute Gasteiger partial charge is 0.337 e. The van der Waals surface area contributed by atoms with E-state index in [1.807, 2.05) is 54.6 Å². The van der Waals surface area contributed by atoms with Gasteiger partial charge in [-0.15, -0.1) is 0 Å². The molecular formula is C24H20N4O4. The molecule has 0 aliphatic heterocycles. The third-order valence-corrected chi connectivity index (χ3v) is 5.34. The van der Waals surface area contributed by atoms with Crippen molar-refractivity contribution >= 4 is 11.2 Å². The zero-order chi connectivity index (χ0) is 22.1. The summed E-state index contributed by atoms with van der Waals surface area (Å²) in [6, 6.07) is 20.2. The fourth-order valence-electron chi connectivity index (χ4n) is 3.82. The number of aromatic nitrogens is 4. The molecule has 0 saturated carbocycles. The Balaban J connectivity index is 1.76. The number of methoxy groups -OCH3 is 1. The summed E-state index contributed by atoms with van der Waals surface area (Å²) in [5.41, 5.74) is 1.23. The molecule has 0 atom stereocenters. The van der Waals surface area contributed by atoms with Crippen molar-refractivity contribution in [1.82, 2.24) is 18.7 Å². The molecule has 0 fully saturated rings. The molecule has 8 heteroatoms. The van der Waals surface area contributed by atoms with Crippen LogP contribution >= 0.6 is 0 Å². The lowest BCUT2D eigenvalue weighted by Gasteiger charge is -2.13. The first kappa shape index (κ1) is 19.6. The first-order valence-electron chi connectivity index (χ1n) is 10.1. The highest BCUT2D eigenvalue weighted by Crippen LogP contribution is 2.21. The Morgan fingerprint density at radius 1 is 0.938 bits per heavy atom. The Hall–Kier alpha value is -4.33. The van der Waals surface area contributed by atoms with Gasteiger partial charge in [0.05, 0.1) is 38.5 Å². The van der Waals surface area contributed by atoms with Gasteiger partial charge in [-0.3, -0.25) is 9.36 Å². The van der Waals surface area contributed by atoms with E-state index < -0.39 is 11.2 Å². The van der Waals surface area contributed by atoms with Gasteiger partial charge in [-0.1, -0.05) is 36.4 Å². The molecule has 0 unspecified atom stereocenters. The minimum absolute atomic E-state index is 0.0211. The molecule has 160 valence electrons. The summed E-state index contributed by atoms with van der Waals surface area (Å²) in [5.74, 6) is 1.22. The minimum Gasteiger partial charge on any atom is -0.496 e. The van der Waals surface area contributed by atoms with Crippen LogP contribution in [0.5, 0.6) is 5.75 Å². The predicted octanol–water partition coefficient (Wildman–Crippen LogP) is 3.05. The van der Waals surface area contributed by atoms with Crippen molar-refractivity contribution in [2.75, 3.05) is 7.11 Å². The summed E-state index contributed by atoms with van der Waals surface area (Å²) < 4.78 is 15.2. The minimum atomic E-state index is -0.479. The Bertz CT molecular complexity index is 1500. The number of furan rings is 1. The fourth-order valence-corrected chi connectivity index (χ4v) is 3.82. The molecule has 0 amide bonds. The van der Waals surface area contributed by atoms with Gasteiger partial charge >= 0.3 is 5.69 Å². The molecule has 3 aromatic heterocycles. The summed E-state index contributed by atoms with van der Waals surface area (Å²) in [6.07, 6.45) is 3.09. The van der Waals surface area contributed by atoms with E-state index in [2.05, 4.69) is 4.98 Å². The Kier molecular flexibility index (Phi) is 4.95. The van der Waals surface area contributed by atoms with Crippen molar-refractivity contribution in [3.8, 4) is 11.4 Å². The molecular weight excluding hydrogens is 408 g/mol. The topological polar surface area (TPSA) is 84.2 Å². The molecule has 32 heavy (non-hydrogen) atoms. The number of hydrogen-bond acceptors (Lipinski definition) is 5. The van der Waals surface area contributed by atoms with Crippen molar-refractivity contribution in [1.29, 1.82) is 0 Å². The van der Waals surface area contributed by atoms with Crippen LogP contribution in [-0.4, -0.2) is 25.8 Å². The van der Waals surface area contributed by atoms with Crippen molar-refractivity contribution in [3.63, 3.8) is 0 Å². The molecule has 5 aromatic rings. The normalized spacial score (nSPS) is 11.2. The van der Waals surface area contributed by atoms with Crippen LogP contribution in [0.4, 0.5) is 0 Å². The van der Waals surface area contributed by atoms with E-state index in [1.54, 1.807) is 30.1 Å². The summed E-state index contributed by atoms with van der Waals surface area (Å²) in [6.45, 7) is 0.386. The first-order valence-corrected chi connectivity index (χ1v) is 10.1. The van der Waals surface area contributed by atoms with Crippen molar-refractivity contribution in [2.45, 2.75) is 13.1 Å². The van der Waals surface area contributed by atoms with Gasteiger partial charge in [-0.2, -0.15) is 0 Å². The zero-order valence-corrected chi connectivity index (χ0v) is 17.3. The molecule has 8 nitrogen and oxygen atoms in total. The van der Waals surface area contributed by atoms with Crippen molar-refractivity contribution < 1.29 is 9.15 Å². The maximum absolute atomic E-state index is 13.5. The Labute approximate surface area is 182 Å². The van der Waals surface area contributed by atoms with Crippen LogP contribution in [0.2, 0.25) is 0 Å². The summed E-state index contributed by atoms with van der Waals surface area (Å²) in [7, 11) is 1.61. The second-order valence-electron chi connectivity index (χ2n) is 7.28. The lowest BCUT2D eigenvalue weighted by molar-refractivity contribution is 0.408. The highest BCUT2D eigenvalue weighted by atomic mass is 16.5. The second kappa shape index (κ2) is 8.07. The van der Waals surface area contributed by atoms with Crippen LogP contribution in [0.3, 0.4) is 0 Å². The van der Waals surface area contributed by atoms with E-state index in [0.717, 1.165) is 5.56 Å². The average molecular weight is 428 g/mol. The van der Waals surface area contributed by atoms with Gasteiger partial charge in [0.2, 0.25) is 0 Å². The Morgan fingerprint density at radius 2 is 1.72 bits per heavy atom. The molecule has 5 rings (SSSR count). The van der Waals surface area contributed by atoms with Crippen LogP contribution in [-0.2, 0) is 13.1 Å². The molecule has 0 N–H and O–H groups in total. The number of nitrogens with zero attached hydrogens (tertiary/aromatic N) is 4. The van der Waals surface area contributed by atoms with E-state index in [-0.39, 0.29) is 6.54 Å². The summed E-state index contributed by atoms with van der Waals surface area (Å²) >= 11 is 0. The molecule has 0 aliphatic carbocycles. The number of benzene rings is 2. The van der Waals surface area contributed by atoms with Crippen molar-refractivity contribution in [3.05, 3.63) is 111 Å². The SMILES string of the molecule is COc1ccccc1Cn1cnc2c1c(=O)n(Cc1ccco1)c(=O)n2-c1ccccc1. The number of ether oxygens (including phenoxy) is 1. The molecule has 2 aromatic carbocycles. The largest absolute Gasteiger partial charge is 0.496 e. The highest BCUT2D eigenvalue weighted by molar-refractivity contribution is 5.72. The standard InChI is InChI=1S/C24H20N4O4/c1-31-20-12-6-5-8-17(20)14-26-16-25-22-21(26)23(29)27(15-19-11-7-13-32-19)24(30)28(22)18-9-3-2-4-10-18/h2-13,16H,14-15H2,1H3. The maximum Gasteiger partial charge on any atom is 0.337 e. The number of rotatable bonds is 6. The van der Waals surface area contributed by atoms with Gasteiger partial charge in [-0.05, 0) is 30.3 Å². The van der Waals surface area contributed by atoms with Gasteiger partial charge in [0, 0.05) is 5.56 Å². The zero-order valence-electron chi connectivity index (χ0n) is 17.3. The van der Waals surface area contributed by atoms with E-state index in [0.29, 0.717) is 34.9 Å². The average Bonchev–Trinajstić information content (AvgIpc) is 3.48. The van der Waals surface area contributed by atoms with Gasteiger partial charge in [0.1, 0.15) is 11.5 Å².